The highest BCUT2D eigenvalue weighted by Crippen LogP contribution is 2.22. The number of carbonyl (C=O) groups excluding carboxylic acids is 1. The van der Waals surface area contributed by atoms with E-state index < -0.39 is 0 Å². The quantitative estimate of drug-likeness (QED) is 0.672. The van der Waals surface area contributed by atoms with Gasteiger partial charge in [0.25, 0.3) is 5.91 Å². The molecule has 29 heavy (non-hydrogen) atoms. The monoisotopic (exact) mass is 388 g/mol. The van der Waals surface area contributed by atoms with E-state index in [-0.39, 0.29) is 5.91 Å². The molecule has 1 aromatic heterocycles. The second kappa shape index (κ2) is 8.84. The molecule has 148 valence electrons. The third-order valence-corrected chi connectivity index (χ3v) is 4.92. The molecule has 0 aliphatic carbocycles. The number of benzene rings is 2. The van der Waals surface area contributed by atoms with Gasteiger partial charge in [-0.2, -0.15) is 0 Å². The molecule has 1 fully saturated rings. The fourth-order valence-corrected chi connectivity index (χ4v) is 3.32. The minimum Gasteiger partial charge on any atom is -0.378 e. The van der Waals surface area contributed by atoms with Gasteiger partial charge in [0.05, 0.1) is 13.2 Å². The van der Waals surface area contributed by atoms with E-state index in [0.717, 1.165) is 11.4 Å². The Morgan fingerprint density at radius 2 is 1.66 bits per heavy atom. The molecular weight excluding hydrogens is 364 g/mol. The molecule has 0 saturated carbocycles. The van der Waals surface area contributed by atoms with E-state index >= 15 is 0 Å². The number of nitrogens with zero attached hydrogens (tertiary/aromatic N) is 4. The maximum Gasteiger partial charge on any atom is 0.272 e. The van der Waals surface area contributed by atoms with Gasteiger partial charge in [-0.05, 0) is 5.56 Å². The van der Waals surface area contributed by atoms with Gasteiger partial charge in [-0.1, -0.05) is 60.7 Å². The van der Waals surface area contributed by atoms with Crippen molar-refractivity contribution in [1.29, 1.82) is 0 Å². The standard InChI is InChI=1S/C23H24N4O2/c1-26(17-18-8-4-2-5-9-18)21-16-20(23(28)27-12-14-29-15-13-27)24-22(25-21)19-10-6-3-7-11-19/h2-11,16H,12-15,17H2,1H3. The van der Waals surface area contributed by atoms with Gasteiger partial charge in [0, 0.05) is 38.3 Å². The highest BCUT2D eigenvalue weighted by Gasteiger charge is 2.22. The molecule has 0 unspecified atom stereocenters. The lowest BCUT2D eigenvalue weighted by Gasteiger charge is -2.27. The van der Waals surface area contributed by atoms with Crippen molar-refractivity contribution in [2.45, 2.75) is 6.54 Å². The number of hydrogen-bond acceptors (Lipinski definition) is 5. The van der Waals surface area contributed by atoms with E-state index in [0.29, 0.717) is 44.4 Å². The summed E-state index contributed by atoms with van der Waals surface area (Å²) in [7, 11) is 1.98. The predicted octanol–water partition coefficient (Wildman–Crippen LogP) is 3.25. The third kappa shape index (κ3) is 4.60. The summed E-state index contributed by atoms with van der Waals surface area (Å²) >= 11 is 0. The summed E-state index contributed by atoms with van der Waals surface area (Å²) in [5.41, 5.74) is 2.48. The van der Waals surface area contributed by atoms with Crippen LogP contribution in [0.15, 0.2) is 66.7 Å². The summed E-state index contributed by atoms with van der Waals surface area (Å²) in [6.07, 6.45) is 0. The van der Waals surface area contributed by atoms with E-state index in [1.54, 1.807) is 11.0 Å². The first-order valence-corrected chi connectivity index (χ1v) is 9.77. The molecule has 0 spiro atoms. The maximum atomic E-state index is 13.1. The maximum absolute atomic E-state index is 13.1. The molecular formula is C23H24N4O2. The van der Waals surface area contributed by atoms with Crippen LogP contribution in [0.25, 0.3) is 11.4 Å². The highest BCUT2D eigenvalue weighted by atomic mass is 16.5. The molecule has 1 saturated heterocycles. The van der Waals surface area contributed by atoms with Crippen LogP contribution in [0.1, 0.15) is 16.1 Å². The van der Waals surface area contributed by atoms with Gasteiger partial charge in [-0.3, -0.25) is 4.79 Å². The Labute approximate surface area is 170 Å². The minimum absolute atomic E-state index is 0.0813. The van der Waals surface area contributed by atoms with E-state index in [1.165, 1.54) is 5.56 Å². The Kier molecular flexibility index (Phi) is 5.81. The van der Waals surface area contributed by atoms with Crippen LogP contribution in [-0.2, 0) is 11.3 Å². The zero-order valence-corrected chi connectivity index (χ0v) is 16.5. The lowest BCUT2D eigenvalue weighted by molar-refractivity contribution is 0.0299. The lowest BCUT2D eigenvalue weighted by Crippen LogP contribution is -2.41. The summed E-state index contributed by atoms with van der Waals surface area (Å²) in [6, 6.07) is 21.7. The SMILES string of the molecule is CN(Cc1ccccc1)c1cc(C(=O)N2CCOCC2)nc(-c2ccccc2)n1. The number of morpholine rings is 1. The van der Waals surface area contributed by atoms with Gasteiger partial charge < -0.3 is 14.5 Å². The molecule has 0 radical (unpaired) electrons. The van der Waals surface area contributed by atoms with Gasteiger partial charge >= 0.3 is 0 Å². The van der Waals surface area contributed by atoms with Crippen molar-refractivity contribution >= 4 is 11.7 Å². The predicted molar refractivity (Wildman–Crippen MR) is 113 cm³/mol. The fraction of sp³-hybridized carbons (Fsp3) is 0.261. The van der Waals surface area contributed by atoms with Crippen molar-refractivity contribution in [2.75, 3.05) is 38.3 Å². The molecule has 1 amide bonds. The summed E-state index contributed by atoms with van der Waals surface area (Å²) in [5, 5.41) is 0. The van der Waals surface area contributed by atoms with Crippen LogP contribution in [-0.4, -0.2) is 54.1 Å². The molecule has 3 aromatic rings. The van der Waals surface area contributed by atoms with E-state index in [4.69, 9.17) is 9.72 Å². The van der Waals surface area contributed by atoms with Crippen molar-refractivity contribution < 1.29 is 9.53 Å². The Hall–Kier alpha value is -3.25. The van der Waals surface area contributed by atoms with Crippen LogP contribution in [0.5, 0.6) is 0 Å². The van der Waals surface area contributed by atoms with Crippen molar-refractivity contribution in [2.24, 2.45) is 0 Å². The second-order valence-electron chi connectivity index (χ2n) is 7.05. The molecule has 2 aromatic carbocycles. The molecule has 1 aliphatic rings. The Bertz CT molecular complexity index is 957. The molecule has 0 atom stereocenters. The van der Waals surface area contributed by atoms with E-state index in [2.05, 4.69) is 17.1 Å². The van der Waals surface area contributed by atoms with E-state index in [1.807, 2.05) is 60.5 Å². The molecule has 0 bridgehead atoms. The number of carbonyl (C=O) groups is 1. The number of amides is 1. The van der Waals surface area contributed by atoms with Crippen LogP contribution in [0.2, 0.25) is 0 Å². The number of ether oxygens (including phenoxy) is 1. The average Bonchev–Trinajstić information content (AvgIpc) is 2.80. The molecule has 6 heteroatoms. The van der Waals surface area contributed by atoms with Crippen molar-refractivity contribution in [3.05, 3.63) is 78.0 Å². The molecule has 6 nitrogen and oxygen atoms in total. The first kappa shape index (κ1) is 19.1. The number of aromatic nitrogens is 2. The Balaban J connectivity index is 1.68. The smallest absolute Gasteiger partial charge is 0.272 e. The summed E-state index contributed by atoms with van der Waals surface area (Å²) in [6.45, 7) is 2.97. The molecule has 4 rings (SSSR count). The van der Waals surface area contributed by atoms with Gasteiger partial charge in [0.2, 0.25) is 0 Å². The fourth-order valence-electron chi connectivity index (χ4n) is 3.32. The van der Waals surface area contributed by atoms with Crippen LogP contribution in [0.4, 0.5) is 5.82 Å². The first-order chi connectivity index (χ1) is 14.2. The minimum atomic E-state index is -0.0813. The zero-order chi connectivity index (χ0) is 20.1. The molecule has 1 aliphatic heterocycles. The van der Waals surface area contributed by atoms with Crippen LogP contribution >= 0.6 is 0 Å². The first-order valence-electron chi connectivity index (χ1n) is 9.77. The number of anilines is 1. The second-order valence-corrected chi connectivity index (χ2v) is 7.05. The molecule has 0 N–H and O–H groups in total. The van der Waals surface area contributed by atoms with Gasteiger partial charge in [0.15, 0.2) is 5.82 Å². The van der Waals surface area contributed by atoms with Crippen LogP contribution in [0, 0.1) is 0 Å². The Morgan fingerprint density at radius 1 is 1.00 bits per heavy atom. The van der Waals surface area contributed by atoms with Gasteiger partial charge in [-0.25, -0.2) is 9.97 Å². The number of hydrogen-bond donors (Lipinski definition) is 0. The van der Waals surface area contributed by atoms with E-state index in [9.17, 15) is 4.79 Å². The number of rotatable bonds is 5. The van der Waals surface area contributed by atoms with Crippen molar-refractivity contribution in [1.82, 2.24) is 14.9 Å². The summed E-state index contributed by atoms with van der Waals surface area (Å²) in [4.78, 5) is 26.3. The third-order valence-electron chi connectivity index (χ3n) is 4.92. The normalized spacial score (nSPS) is 13.9. The average molecular weight is 388 g/mol. The van der Waals surface area contributed by atoms with Crippen LogP contribution in [0.3, 0.4) is 0 Å². The van der Waals surface area contributed by atoms with Crippen molar-refractivity contribution in [3.8, 4) is 11.4 Å². The topological polar surface area (TPSA) is 58.6 Å². The lowest BCUT2D eigenvalue weighted by atomic mass is 10.2. The highest BCUT2D eigenvalue weighted by molar-refractivity contribution is 5.93. The zero-order valence-electron chi connectivity index (χ0n) is 16.5. The summed E-state index contributed by atoms with van der Waals surface area (Å²) < 4.78 is 5.37. The summed E-state index contributed by atoms with van der Waals surface area (Å²) in [5.74, 6) is 1.20. The largest absolute Gasteiger partial charge is 0.378 e. The van der Waals surface area contributed by atoms with Crippen molar-refractivity contribution in [3.63, 3.8) is 0 Å². The van der Waals surface area contributed by atoms with Gasteiger partial charge in [-0.15, -0.1) is 0 Å². The molecule has 2 heterocycles. The van der Waals surface area contributed by atoms with Gasteiger partial charge in [0.1, 0.15) is 11.5 Å². The van der Waals surface area contributed by atoms with Crippen LogP contribution < -0.4 is 4.90 Å². The Morgan fingerprint density at radius 3 is 2.34 bits per heavy atom.